The molecule has 1 aliphatic heterocycles. The molecule has 0 radical (unpaired) electrons. The van der Waals surface area contributed by atoms with E-state index in [1.165, 1.54) is 10.4 Å². The van der Waals surface area contributed by atoms with Crippen LogP contribution in [0.3, 0.4) is 0 Å². The molecule has 1 aromatic carbocycles. The van der Waals surface area contributed by atoms with E-state index in [9.17, 15) is 0 Å². The van der Waals surface area contributed by atoms with Gasteiger partial charge in [-0.3, -0.25) is 0 Å². The lowest BCUT2D eigenvalue weighted by atomic mass is 10.1. The van der Waals surface area contributed by atoms with Crippen LogP contribution in [0.2, 0.25) is 0 Å². The Hall–Kier alpha value is -1.99. The van der Waals surface area contributed by atoms with Crippen LogP contribution in [-0.4, -0.2) is 18.2 Å². The van der Waals surface area contributed by atoms with Gasteiger partial charge in [-0.25, -0.2) is 4.98 Å². The molecule has 0 aliphatic carbocycles. The van der Waals surface area contributed by atoms with E-state index in [0.29, 0.717) is 13.2 Å². The lowest BCUT2D eigenvalue weighted by Crippen LogP contribution is -2.11. The van der Waals surface area contributed by atoms with Crippen LogP contribution in [0.5, 0.6) is 0 Å². The van der Waals surface area contributed by atoms with Gasteiger partial charge in [0, 0.05) is 29.7 Å². The van der Waals surface area contributed by atoms with E-state index in [4.69, 9.17) is 13.9 Å². The van der Waals surface area contributed by atoms with Crippen molar-refractivity contribution in [3.63, 3.8) is 0 Å². The number of ether oxygens (including phenoxy) is 2. The molecule has 2 aromatic heterocycles. The number of rotatable bonds is 6. The molecule has 124 valence electrons. The molecule has 1 fully saturated rings. The number of aromatic nitrogens is 1. The fourth-order valence-corrected chi connectivity index (χ4v) is 3.43. The van der Waals surface area contributed by atoms with Gasteiger partial charge in [0.15, 0.2) is 17.1 Å². The van der Waals surface area contributed by atoms with Crippen molar-refractivity contribution in [2.24, 2.45) is 0 Å². The highest BCUT2D eigenvalue weighted by Crippen LogP contribution is 2.25. The minimum atomic E-state index is -0.204. The predicted octanol–water partition coefficient (Wildman–Crippen LogP) is 3.74. The van der Waals surface area contributed by atoms with Crippen LogP contribution < -0.4 is 5.32 Å². The molecule has 3 aromatic rings. The zero-order valence-electron chi connectivity index (χ0n) is 13.1. The number of nitrogens with zero attached hydrogens (tertiary/aromatic N) is 1. The molecule has 5 nitrogen and oxygen atoms in total. The molecule has 0 unspecified atom stereocenters. The molecule has 4 rings (SSSR count). The van der Waals surface area contributed by atoms with Gasteiger partial charge in [0.05, 0.1) is 19.5 Å². The maximum atomic E-state index is 5.50. The second-order valence-corrected chi connectivity index (χ2v) is 6.64. The molecule has 24 heavy (non-hydrogen) atoms. The lowest BCUT2D eigenvalue weighted by Gasteiger charge is -2.10. The van der Waals surface area contributed by atoms with Gasteiger partial charge in [0.2, 0.25) is 0 Å². The summed E-state index contributed by atoms with van der Waals surface area (Å²) in [5.41, 5.74) is 2.30. The molecule has 0 bridgehead atoms. The summed E-state index contributed by atoms with van der Waals surface area (Å²) >= 11 is 1.64. The third-order valence-electron chi connectivity index (χ3n) is 3.79. The Labute approximate surface area is 144 Å². The highest BCUT2D eigenvalue weighted by atomic mass is 32.1. The lowest BCUT2D eigenvalue weighted by molar-refractivity contribution is -0.0441. The summed E-state index contributed by atoms with van der Waals surface area (Å²) < 4.78 is 16.4. The molecule has 3 heterocycles. The minimum absolute atomic E-state index is 0.204. The van der Waals surface area contributed by atoms with Crippen LogP contribution in [0.15, 0.2) is 53.3 Å². The van der Waals surface area contributed by atoms with Crippen molar-refractivity contribution in [3.8, 4) is 10.8 Å². The van der Waals surface area contributed by atoms with Crippen LogP contribution in [0.4, 0.5) is 0 Å². The number of thiazole rings is 1. The fraction of sp³-hybridized carbons (Fsp3) is 0.278. The maximum absolute atomic E-state index is 5.50. The van der Waals surface area contributed by atoms with E-state index >= 15 is 0 Å². The summed E-state index contributed by atoms with van der Waals surface area (Å²) in [6.07, 6.45) is 3.36. The first kappa shape index (κ1) is 15.5. The first-order chi connectivity index (χ1) is 11.9. The SMILES string of the molecule is c1coc(-c2ncc(CNCc3ccc(C4OCCO4)cc3)s2)c1. The van der Waals surface area contributed by atoms with Crippen molar-refractivity contribution in [1.29, 1.82) is 0 Å². The van der Waals surface area contributed by atoms with Crippen LogP contribution in [0.1, 0.15) is 22.3 Å². The molecule has 1 saturated heterocycles. The average molecular weight is 342 g/mol. The summed E-state index contributed by atoms with van der Waals surface area (Å²) in [6, 6.07) is 12.1. The van der Waals surface area contributed by atoms with Crippen molar-refractivity contribution in [1.82, 2.24) is 10.3 Å². The first-order valence-electron chi connectivity index (χ1n) is 7.90. The van der Waals surface area contributed by atoms with Gasteiger partial charge in [-0.15, -0.1) is 11.3 Å². The largest absolute Gasteiger partial charge is 0.462 e. The standard InChI is InChI=1S/C18H18N2O3S/c1-2-16(21-7-1)17-20-12-15(24-17)11-19-10-13-3-5-14(6-4-13)18-22-8-9-23-18/h1-7,12,18-19H,8-11H2. The minimum Gasteiger partial charge on any atom is -0.462 e. The molecular weight excluding hydrogens is 324 g/mol. The number of hydrogen-bond donors (Lipinski definition) is 1. The summed E-state index contributed by atoms with van der Waals surface area (Å²) in [5, 5.41) is 4.36. The third-order valence-corrected chi connectivity index (χ3v) is 4.80. The van der Waals surface area contributed by atoms with Crippen molar-refractivity contribution in [2.75, 3.05) is 13.2 Å². The van der Waals surface area contributed by atoms with Crippen molar-refractivity contribution in [2.45, 2.75) is 19.4 Å². The topological polar surface area (TPSA) is 56.5 Å². The summed E-state index contributed by atoms with van der Waals surface area (Å²) in [4.78, 5) is 5.58. The summed E-state index contributed by atoms with van der Waals surface area (Å²) in [6.45, 7) is 2.93. The van der Waals surface area contributed by atoms with Crippen molar-refractivity contribution >= 4 is 11.3 Å². The third kappa shape index (κ3) is 3.57. The highest BCUT2D eigenvalue weighted by Gasteiger charge is 2.17. The van der Waals surface area contributed by atoms with Crippen molar-refractivity contribution in [3.05, 3.63) is 64.9 Å². The molecule has 1 N–H and O–H groups in total. The molecule has 0 saturated carbocycles. The van der Waals surface area contributed by atoms with Gasteiger partial charge in [-0.1, -0.05) is 24.3 Å². The normalized spacial score (nSPS) is 15.2. The van der Waals surface area contributed by atoms with Crippen LogP contribution in [-0.2, 0) is 22.6 Å². The number of hydrogen-bond acceptors (Lipinski definition) is 6. The second kappa shape index (κ2) is 7.27. The van der Waals surface area contributed by atoms with Crippen molar-refractivity contribution < 1.29 is 13.9 Å². The zero-order valence-corrected chi connectivity index (χ0v) is 13.9. The Balaban J connectivity index is 1.29. The van der Waals surface area contributed by atoms with Gasteiger partial charge < -0.3 is 19.2 Å². The molecule has 0 spiro atoms. The van der Waals surface area contributed by atoms with Gasteiger partial charge in [0.1, 0.15) is 0 Å². The van der Waals surface area contributed by atoms with Gasteiger partial charge in [0.25, 0.3) is 0 Å². The van der Waals surface area contributed by atoms with Crippen LogP contribution >= 0.6 is 11.3 Å². The molecule has 6 heteroatoms. The fourth-order valence-electron chi connectivity index (χ4n) is 2.58. The Morgan fingerprint density at radius 3 is 2.67 bits per heavy atom. The maximum Gasteiger partial charge on any atom is 0.184 e. The van der Waals surface area contributed by atoms with Crippen LogP contribution in [0, 0.1) is 0 Å². The van der Waals surface area contributed by atoms with Gasteiger partial charge in [-0.05, 0) is 17.7 Å². The quantitative estimate of drug-likeness (QED) is 0.739. The number of furan rings is 1. The van der Waals surface area contributed by atoms with Crippen LogP contribution in [0.25, 0.3) is 10.8 Å². The number of nitrogens with one attached hydrogen (secondary N) is 1. The monoisotopic (exact) mass is 342 g/mol. The first-order valence-corrected chi connectivity index (χ1v) is 8.71. The second-order valence-electron chi connectivity index (χ2n) is 5.53. The highest BCUT2D eigenvalue weighted by molar-refractivity contribution is 7.14. The average Bonchev–Trinajstić information content (AvgIpc) is 3.37. The molecular formula is C18H18N2O3S. The summed E-state index contributed by atoms with van der Waals surface area (Å²) in [7, 11) is 0. The Bertz CT molecular complexity index is 762. The van der Waals surface area contributed by atoms with E-state index in [1.54, 1.807) is 17.6 Å². The van der Waals surface area contributed by atoms with Gasteiger partial charge >= 0.3 is 0 Å². The smallest absolute Gasteiger partial charge is 0.184 e. The Kier molecular flexibility index (Phi) is 4.71. The van der Waals surface area contributed by atoms with E-state index in [1.807, 2.05) is 18.3 Å². The van der Waals surface area contributed by atoms with E-state index in [-0.39, 0.29) is 6.29 Å². The zero-order chi connectivity index (χ0) is 16.2. The molecule has 1 aliphatic rings. The molecule has 0 amide bonds. The van der Waals surface area contributed by atoms with E-state index in [0.717, 1.165) is 29.4 Å². The van der Waals surface area contributed by atoms with Gasteiger partial charge in [-0.2, -0.15) is 0 Å². The predicted molar refractivity (Wildman–Crippen MR) is 91.4 cm³/mol. The van der Waals surface area contributed by atoms with E-state index < -0.39 is 0 Å². The Morgan fingerprint density at radius 2 is 1.92 bits per heavy atom. The molecule has 0 atom stereocenters. The summed E-state index contributed by atoms with van der Waals surface area (Å²) in [5.74, 6) is 0.818. The Morgan fingerprint density at radius 1 is 1.08 bits per heavy atom. The number of benzene rings is 1. The van der Waals surface area contributed by atoms with E-state index in [2.05, 4.69) is 34.6 Å².